The van der Waals surface area contributed by atoms with Crippen LogP contribution in [-0.4, -0.2) is 81.4 Å². The molecule has 0 unspecified atom stereocenters. The number of likely N-dealkylation sites (N-methyl/N-ethyl adjacent to an activating group) is 1. The highest BCUT2D eigenvalue weighted by Crippen LogP contribution is 2.28. The lowest BCUT2D eigenvalue weighted by molar-refractivity contribution is -0.133. The minimum Gasteiger partial charge on any atom is -0.492 e. The highest BCUT2D eigenvalue weighted by atomic mass is 35.5. The largest absolute Gasteiger partial charge is 0.492 e. The molecule has 0 aliphatic carbocycles. The Morgan fingerprint density at radius 1 is 1.17 bits per heavy atom. The number of carbonyl (C=O) groups excluding carboxylic acids is 1. The average Bonchev–Trinajstić information content (AvgIpc) is 3.17. The summed E-state index contributed by atoms with van der Waals surface area (Å²) >= 11 is 6.88. The molecule has 1 aliphatic rings. The van der Waals surface area contributed by atoms with Gasteiger partial charge in [0, 0.05) is 32.7 Å². The van der Waals surface area contributed by atoms with Crippen molar-refractivity contribution in [2.45, 2.75) is 4.21 Å². The van der Waals surface area contributed by atoms with Crippen LogP contribution in [-0.2, 0) is 14.8 Å². The minimum atomic E-state index is -3.58. The normalized spacial score (nSPS) is 15.5. The van der Waals surface area contributed by atoms with Crippen LogP contribution in [0.4, 0.5) is 4.39 Å². The Hall–Kier alpha value is -1.72. The fourth-order valence-electron chi connectivity index (χ4n) is 3.00. The number of nitrogens with zero attached hydrogens (tertiary/aromatic N) is 3. The van der Waals surface area contributed by atoms with Gasteiger partial charge in [0.2, 0.25) is 5.91 Å². The number of amides is 1. The van der Waals surface area contributed by atoms with E-state index in [4.69, 9.17) is 16.3 Å². The molecule has 0 saturated carbocycles. The average molecular weight is 476 g/mol. The van der Waals surface area contributed by atoms with Gasteiger partial charge in [0.05, 0.1) is 10.9 Å². The third-order valence-corrected chi connectivity index (χ3v) is 8.29. The second-order valence-corrected chi connectivity index (χ2v) is 10.8. The number of carbonyl (C=O) groups is 1. The topological polar surface area (TPSA) is 70.2 Å². The Morgan fingerprint density at radius 2 is 1.83 bits per heavy atom. The van der Waals surface area contributed by atoms with Gasteiger partial charge in [-0.3, -0.25) is 9.69 Å². The molecule has 1 aromatic heterocycles. The van der Waals surface area contributed by atoms with Crippen molar-refractivity contribution >= 4 is 38.9 Å². The Balaban J connectivity index is 1.41. The summed E-state index contributed by atoms with van der Waals surface area (Å²) in [5.74, 6) is 0.188. The van der Waals surface area contributed by atoms with Gasteiger partial charge in [0.15, 0.2) is 0 Å². The number of hydrogen-bond acceptors (Lipinski definition) is 6. The van der Waals surface area contributed by atoms with E-state index in [-0.39, 0.29) is 35.6 Å². The fraction of sp³-hybridized carbons (Fsp3) is 0.421. The van der Waals surface area contributed by atoms with Crippen LogP contribution in [0.5, 0.6) is 5.75 Å². The lowest BCUT2D eigenvalue weighted by atomic mass is 10.3. The molecule has 0 radical (unpaired) electrons. The van der Waals surface area contributed by atoms with Crippen LogP contribution in [0.2, 0.25) is 4.34 Å². The molecule has 7 nitrogen and oxygen atoms in total. The van der Waals surface area contributed by atoms with Gasteiger partial charge in [-0.1, -0.05) is 11.6 Å². The first kappa shape index (κ1) is 23.0. The van der Waals surface area contributed by atoms with Crippen molar-refractivity contribution in [1.29, 1.82) is 0 Å². The number of piperazine rings is 1. The van der Waals surface area contributed by atoms with E-state index in [1.807, 2.05) is 11.9 Å². The van der Waals surface area contributed by atoms with Crippen LogP contribution in [0.25, 0.3) is 0 Å². The van der Waals surface area contributed by atoms with Gasteiger partial charge < -0.3 is 9.64 Å². The maximum Gasteiger partial charge on any atom is 0.252 e. The van der Waals surface area contributed by atoms with Gasteiger partial charge in [0.1, 0.15) is 22.4 Å². The number of halogens is 2. The van der Waals surface area contributed by atoms with Crippen molar-refractivity contribution in [3.8, 4) is 5.75 Å². The molecule has 0 bridgehead atoms. The van der Waals surface area contributed by atoms with E-state index in [2.05, 4.69) is 0 Å². The number of rotatable bonds is 8. The Morgan fingerprint density at radius 3 is 2.43 bits per heavy atom. The SMILES string of the molecule is CN(CCOc1ccc(F)cc1)CC(=O)N1CCN(S(=O)(=O)c2ccc(Cl)s2)CC1. The third-order valence-electron chi connectivity index (χ3n) is 4.69. The first-order valence-corrected chi connectivity index (χ1v) is 12.0. The third kappa shape index (κ3) is 5.92. The zero-order chi connectivity index (χ0) is 21.7. The second-order valence-electron chi connectivity index (χ2n) is 6.88. The van der Waals surface area contributed by atoms with E-state index < -0.39 is 10.0 Å². The van der Waals surface area contributed by atoms with E-state index in [0.717, 1.165) is 11.3 Å². The van der Waals surface area contributed by atoms with E-state index in [1.165, 1.54) is 22.5 Å². The molecular formula is C19H23ClFN3O4S2. The molecule has 2 aromatic rings. The molecule has 11 heteroatoms. The van der Waals surface area contributed by atoms with Gasteiger partial charge in [-0.05, 0) is 43.4 Å². The molecule has 1 fully saturated rings. The second kappa shape index (κ2) is 10.1. The number of ether oxygens (including phenoxy) is 1. The van der Waals surface area contributed by atoms with Crippen LogP contribution in [0.15, 0.2) is 40.6 Å². The monoisotopic (exact) mass is 475 g/mol. The molecule has 30 heavy (non-hydrogen) atoms. The van der Waals surface area contributed by atoms with Crippen molar-refractivity contribution < 1.29 is 22.3 Å². The summed E-state index contributed by atoms with van der Waals surface area (Å²) in [5, 5.41) is 0. The number of thiophene rings is 1. The molecular weight excluding hydrogens is 453 g/mol. The quantitative estimate of drug-likeness (QED) is 0.586. The maximum absolute atomic E-state index is 12.9. The first-order valence-electron chi connectivity index (χ1n) is 9.36. The summed E-state index contributed by atoms with van der Waals surface area (Å²) in [6, 6.07) is 8.83. The predicted molar refractivity (Wildman–Crippen MR) is 114 cm³/mol. The fourth-order valence-corrected chi connectivity index (χ4v) is 6.06. The number of sulfonamides is 1. The van der Waals surface area contributed by atoms with Crippen LogP contribution in [0.1, 0.15) is 0 Å². The molecule has 1 saturated heterocycles. The van der Waals surface area contributed by atoms with Gasteiger partial charge in [-0.2, -0.15) is 4.31 Å². The molecule has 1 aliphatic heterocycles. The van der Waals surface area contributed by atoms with E-state index in [1.54, 1.807) is 23.1 Å². The highest BCUT2D eigenvalue weighted by Gasteiger charge is 2.31. The standard InChI is InChI=1S/C19H23ClFN3O4S2/c1-22(12-13-28-16-4-2-15(21)3-5-16)14-18(25)23-8-10-24(11-9-23)30(26,27)19-7-6-17(20)29-19/h2-7H,8-14H2,1H3. The van der Waals surface area contributed by atoms with Gasteiger partial charge >= 0.3 is 0 Å². The van der Waals surface area contributed by atoms with Crippen LogP contribution in [0.3, 0.4) is 0 Å². The van der Waals surface area contributed by atoms with E-state index in [0.29, 0.717) is 36.3 Å². The summed E-state index contributed by atoms with van der Waals surface area (Å²) in [5.41, 5.74) is 0. The predicted octanol–water partition coefficient (Wildman–Crippen LogP) is 2.38. The van der Waals surface area contributed by atoms with Crippen molar-refractivity contribution in [2.24, 2.45) is 0 Å². The van der Waals surface area contributed by atoms with Gasteiger partial charge in [-0.25, -0.2) is 12.8 Å². The van der Waals surface area contributed by atoms with Gasteiger partial charge in [0.25, 0.3) is 10.0 Å². The minimum absolute atomic E-state index is 0.0597. The molecule has 2 heterocycles. The van der Waals surface area contributed by atoms with E-state index >= 15 is 0 Å². The molecule has 3 rings (SSSR count). The van der Waals surface area contributed by atoms with E-state index in [9.17, 15) is 17.6 Å². The van der Waals surface area contributed by atoms with Crippen molar-refractivity contribution in [3.63, 3.8) is 0 Å². The van der Waals surface area contributed by atoms with Crippen LogP contribution in [0, 0.1) is 5.82 Å². The summed E-state index contributed by atoms with van der Waals surface area (Å²) < 4.78 is 45.7. The lowest BCUT2D eigenvalue weighted by Gasteiger charge is -2.34. The lowest BCUT2D eigenvalue weighted by Crippen LogP contribution is -2.52. The zero-order valence-electron chi connectivity index (χ0n) is 16.5. The van der Waals surface area contributed by atoms with Crippen LogP contribution >= 0.6 is 22.9 Å². The Labute approximate surface area is 184 Å². The number of benzene rings is 1. The summed E-state index contributed by atoms with van der Waals surface area (Å²) in [4.78, 5) is 16.0. The number of hydrogen-bond donors (Lipinski definition) is 0. The highest BCUT2D eigenvalue weighted by molar-refractivity contribution is 7.91. The molecule has 1 amide bonds. The molecule has 0 atom stereocenters. The Bertz CT molecular complexity index is 960. The van der Waals surface area contributed by atoms with Crippen LogP contribution < -0.4 is 4.74 Å². The zero-order valence-corrected chi connectivity index (χ0v) is 18.8. The smallest absolute Gasteiger partial charge is 0.252 e. The molecule has 1 aromatic carbocycles. The summed E-state index contributed by atoms with van der Waals surface area (Å²) in [6.45, 7) is 2.29. The summed E-state index contributed by atoms with van der Waals surface area (Å²) in [6.07, 6.45) is 0. The molecule has 0 spiro atoms. The van der Waals surface area contributed by atoms with Crippen molar-refractivity contribution in [2.75, 3.05) is 52.9 Å². The molecule has 164 valence electrons. The van der Waals surface area contributed by atoms with Gasteiger partial charge in [-0.15, -0.1) is 11.3 Å². The summed E-state index contributed by atoms with van der Waals surface area (Å²) in [7, 11) is -1.76. The van der Waals surface area contributed by atoms with Crippen molar-refractivity contribution in [1.82, 2.24) is 14.1 Å². The first-order chi connectivity index (χ1) is 14.3. The maximum atomic E-state index is 12.9. The Kier molecular flexibility index (Phi) is 7.70. The van der Waals surface area contributed by atoms with Crippen molar-refractivity contribution in [3.05, 3.63) is 46.6 Å². The molecule has 0 N–H and O–H groups in total.